The number of benzene rings is 1. The van der Waals surface area contributed by atoms with Crippen LogP contribution in [0.3, 0.4) is 0 Å². The first kappa shape index (κ1) is 15.4. The molecule has 0 aliphatic rings. The summed E-state index contributed by atoms with van der Waals surface area (Å²) < 4.78 is 0. The Hall–Kier alpha value is -2.67. The highest BCUT2D eigenvalue weighted by Gasteiger charge is 1.78. The number of hydrogen-bond donors (Lipinski definition) is 0. The largest absolute Gasteiger partial charge is 0.299 e. The molecule has 1 aromatic rings. The van der Waals surface area contributed by atoms with Crippen LogP contribution in [0.15, 0.2) is 97.2 Å². The molecule has 0 unspecified atom stereocenters. The number of hydrogen-bond acceptors (Lipinski definition) is 1. The molecule has 0 aromatic heterocycles. The zero-order valence-electron chi connectivity index (χ0n) is 11.3. The van der Waals surface area contributed by atoms with Crippen LogP contribution in [-0.2, 0) is 4.79 Å². The summed E-state index contributed by atoms with van der Waals surface area (Å²) >= 11 is 0. The average Bonchev–Trinajstić information content (AvgIpc) is 2.49. The standard InChI is InChI=1S/C19H18O/c20-18-14-9-7-5-3-1-2-4-6-8-11-15-19-16-12-10-13-17-19/h1-18H/b3-1+,4-2+,7-5+,8-6+,14-9+,15-11+. The number of rotatable bonds is 7. The van der Waals surface area contributed by atoms with Gasteiger partial charge in [0.25, 0.3) is 0 Å². The molecule has 0 saturated carbocycles. The molecule has 0 atom stereocenters. The molecule has 0 radical (unpaired) electrons. The van der Waals surface area contributed by atoms with E-state index < -0.39 is 0 Å². The molecule has 0 saturated heterocycles. The molecular weight excluding hydrogens is 244 g/mol. The third-order valence-corrected chi connectivity index (χ3v) is 2.28. The molecule has 1 nitrogen and oxygen atoms in total. The molecule has 0 bridgehead atoms. The van der Waals surface area contributed by atoms with Gasteiger partial charge >= 0.3 is 0 Å². The van der Waals surface area contributed by atoms with Crippen molar-refractivity contribution in [2.75, 3.05) is 0 Å². The summed E-state index contributed by atoms with van der Waals surface area (Å²) in [5, 5.41) is 0. The van der Waals surface area contributed by atoms with E-state index in [-0.39, 0.29) is 0 Å². The first-order valence-electron chi connectivity index (χ1n) is 6.44. The van der Waals surface area contributed by atoms with E-state index in [1.165, 1.54) is 11.6 Å². The van der Waals surface area contributed by atoms with Crippen LogP contribution in [0.4, 0.5) is 0 Å². The maximum atomic E-state index is 9.99. The Kier molecular flexibility index (Phi) is 8.79. The Bertz CT molecular complexity index is 540. The number of carbonyl (C=O) groups excluding carboxylic acids is 1. The van der Waals surface area contributed by atoms with Crippen LogP contribution in [0.2, 0.25) is 0 Å². The molecule has 0 aliphatic carbocycles. The van der Waals surface area contributed by atoms with Gasteiger partial charge in [-0.3, -0.25) is 4.79 Å². The summed E-state index contributed by atoms with van der Waals surface area (Å²) in [7, 11) is 0. The molecule has 0 fully saturated rings. The van der Waals surface area contributed by atoms with E-state index in [1.54, 1.807) is 12.2 Å². The summed E-state index contributed by atoms with van der Waals surface area (Å²) in [6.07, 6.45) is 23.3. The third-order valence-electron chi connectivity index (χ3n) is 2.28. The van der Waals surface area contributed by atoms with Gasteiger partial charge < -0.3 is 0 Å². The number of carbonyl (C=O) groups is 1. The van der Waals surface area contributed by atoms with Gasteiger partial charge in [-0.2, -0.15) is 0 Å². The normalized spacial score (nSPS) is 13.0. The van der Waals surface area contributed by atoms with Gasteiger partial charge in [0.15, 0.2) is 0 Å². The SMILES string of the molecule is O=C/C=C/C=C/C=C/C=C/C=C/C=C/c1ccccc1. The van der Waals surface area contributed by atoms with Crippen LogP contribution in [0.5, 0.6) is 0 Å². The van der Waals surface area contributed by atoms with Crippen molar-refractivity contribution in [2.24, 2.45) is 0 Å². The summed E-state index contributed by atoms with van der Waals surface area (Å²) in [6.45, 7) is 0. The minimum absolute atomic E-state index is 0.752. The van der Waals surface area contributed by atoms with Gasteiger partial charge in [-0.15, -0.1) is 0 Å². The van der Waals surface area contributed by atoms with Gasteiger partial charge in [-0.25, -0.2) is 0 Å². The van der Waals surface area contributed by atoms with Crippen LogP contribution in [0, 0.1) is 0 Å². The first-order valence-corrected chi connectivity index (χ1v) is 6.44. The van der Waals surface area contributed by atoms with E-state index in [1.807, 2.05) is 66.8 Å². The minimum Gasteiger partial charge on any atom is -0.299 e. The lowest BCUT2D eigenvalue weighted by atomic mass is 10.2. The van der Waals surface area contributed by atoms with Gasteiger partial charge in [-0.1, -0.05) is 97.2 Å². The highest BCUT2D eigenvalue weighted by molar-refractivity contribution is 5.65. The Labute approximate surface area is 120 Å². The van der Waals surface area contributed by atoms with Crippen molar-refractivity contribution < 1.29 is 4.79 Å². The minimum atomic E-state index is 0.752. The van der Waals surface area contributed by atoms with E-state index in [0.717, 1.165) is 6.29 Å². The van der Waals surface area contributed by atoms with Crippen LogP contribution in [-0.4, -0.2) is 6.29 Å². The fourth-order valence-electron chi connectivity index (χ4n) is 1.35. The lowest BCUT2D eigenvalue weighted by Crippen LogP contribution is -1.66. The number of allylic oxidation sites excluding steroid dienone is 11. The molecule has 1 aromatic carbocycles. The number of aldehydes is 1. The third kappa shape index (κ3) is 8.43. The predicted molar refractivity (Wildman–Crippen MR) is 87.2 cm³/mol. The molecule has 0 amide bonds. The van der Waals surface area contributed by atoms with E-state index in [2.05, 4.69) is 18.2 Å². The molecule has 0 aliphatic heterocycles. The van der Waals surface area contributed by atoms with Gasteiger partial charge in [0, 0.05) is 0 Å². The maximum Gasteiger partial charge on any atom is 0.142 e. The Morgan fingerprint density at radius 3 is 1.50 bits per heavy atom. The quantitative estimate of drug-likeness (QED) is 0.396. The summed E-state index contributed by atoms with van der Waals surface area (Å²) in [4.78, 5) is 9.99. The van der Waals surface area contributed by atoms with Crippen molar-refractivity contribution in [3.63, 3.8) is 0 Å². The van der Waals surface area contributed by atoms with Crippen LogP contribution < -0.4 is 0 Å². The monoisotopic (exact) mass is 262 g/mol. The van der Waals surface area contributed by atoms with E-state index >= 15 is 0 Å². The van der Waals surface area contributed by atoms with Gasteiger partial charge in [-0.05, 0) is 11.6 Å². The highest BCUT2D eigenvalue weighted by atomic mass is 16.1. The summed E-state index contributed by atoms with van der Waals surface area (Å²) in [5.41, 5.74) is 1.19. The fraction of sp³-hybridized carbons (Fsp3) is 0. The maximum absolute atomic E-state index is 9.99. The van der Waals surface area contributed by atoms with Crippen molar-refractivity contribution in [3.8, 4) is 0 Å². The Balaban J connectivity index is 2.27. The van der Waals surface area contributed by atoms with Crippen LogP contribution >= 0.6 is 0 Å². The molecule has 1 heteroatoms. The van der Waals surface area contributed by atoms with Crippen molar-refractivity contribution >= 4 is 12.4 Å². The van der Waals surface area contributed by atoms with Crippen molar-refractivity contribution in [1.82, 2.24) is 0 Å². The highest BCUT2D eigenvalue weighted by Crippen LogP contribution is 2.00. The summed E-state index contributed by atoms with van der Waals surface area (Å²) in [5.74, 6) is 0. The van der Waals surface area contributed by atoms with Crippen molar-refractivity contribution in [3.05, 3.63) is 103 Å². The smallest absolute Gasteiger partial charge is 0.142 e. The van der Waals surface area contributed by atoms with Crippen molar-refractivity contribution in [2.45, 2.75) is 0 Å². The second-order valence-electron chi connectivity index (χ2n) is 3.83. The molecule has 0 N–H and O–H groups in total. The van der Waals surface area contributed by atoms with E-state index in [9.17, 15) is 4.79 Å². The molecule has 0 spiro atoms. The zero-order valence-corrected chi connectivity index (χ0v) is 11.3. The first-order chi connectivity index (χ1) is 9.93. The zero-order chi connectivity index (χ0) is 14.3. The summed E-state index contributed by atoms with van der Waals surface area (Å²) in [6, 6.07) is 10.2. The Morgan fingerprint density at radius 1 is 0.550 bits per heavy atom. The second-order valence-corrected chi connectivity index (χ2v) is 3.83. The molecule has 1 rings (SSSR count). The Morgan fingerprint density at radius 2 is 1.00 bits per heavy atom. The topological polar surface area (TPSA) is 17.1 Å². The van der Waals surface area contributed by atoms with Gasteiger partial charge in [0.1, 0.15) is 6.29 Å². The van der Waals surface area contributed by atoms with E-state index in [4.69, 9.17) is 0 Å². The predicted octanol–water partition coefficient (Wildman–Crippen LogP) is 4.68. The van der Waals surface area contributed by atoms with Crippen LogP contribution in [0.1, 0.15) is 5.56 Å². The second kappa shape index (κ2) is 11.4. The molecular formula is C19H18O. The molecule has 0 heterocycles. The average molecular weight is 262 g/mol. The van der Waals surface area contributed by atoms with Crippen LogP contribution in [0.25, 0.3) is 6.08 Å². The van der Waals surface area contributed by atoms with Gasteiger partial charge in [0.2, 0.25) is 0 Å². The van der Waals surface area contributed by atoms with Gasteiger partial charge in [0.05, 0.1) is 0 Å². The fourth-order valence-corrected chi connectivity index (χ4v) is 1.35. The van der Waals surface area contributed by atoms with Crippen molar-refractivity contribution in [1.29, 1.82) is 0 Å². The lowest BCUT2D eigenvalue weighted by molar-refractivity contribution is -0.104. The lowest BCUT2D eigenvalue weighted by Gasteiger charge is -1.87. The van der Waals surface area contributed by atoms with E-state index in [0.29, 0.717) is 0 Å². The molecule has 100 valence electrons. The molecule has 20 heavy (non-hydrogen) atoms.